The average molecular weight is 298 g/mol. The summed E-state index contributed by atoms with van der Waals surface area (Å²) in [5.41, 5.74) is 1.11. The highest BCUT2D eigenvalue weighted by molar-refractivity contribution is 7.18. The van der Waals surface area contributed by atoms with E-state index in [1.807, 2.05) is 6.07 Å². The molecule has 1 aliphatic carbocycles. The predicted molar refractivity (Wildman–Crippen MR) is 79.9 cm³/mol. The Bertz CT molecular complexity index is 821. The fourth-order valence-corrected chi connectivity index (χ4v) is 4.04. The van der Waals surface area contributed by atoms with Crippen LogP contribution in [0.4, 0.5) is 0 Å². The van der Waals surface area contributed by atoms with E-state index in [0.29, 0.717) is 19.4 Å². The van der Waals surface area contributed by atoms with Crippen LogP contribution in [0.5, 0.6) is 0 Å². The highest BCUT2D eigenvalue weighted by Crippen LogP contribution is 2.34. The van der Waals surface area contributed by atoms with E-state index >= 15 is 0 Å². The fraction of sp³-hybridized carbons (Fsp3) is 0.467. The molecule has 1 aliphatic rings. The van der Waals surface area contributed by atoms with Crippen molar-refractivity contribution in [1.82, 2.24) is 9.55 Å². The number of fused-ring (bicyclic) bond motifs is 3. The molecule has 0 saturated heterocycles. The third-order valence-electron chi connectivity index (χ3n) is 3.90. The van der Waals surface area contributed by atoms with Gasteiger partial charge in [0.2, 0.25) is 0 Å². The molecule has 3 rings (SSSR count). The number of hydrogen-bond acceptors (Lipinski definition) is 5. The molecule has 2 heterocycles. The van der Waals surface area contributed by atoms with Crippen LogP contribution < -0.4 is 5.56 Å². The molecule has 0 saturated carbocycles. The normalized spacial score (nSPS) is 14.6. The van der Waals surface area contributed by atoms with E-state index in [4.69, 9.17) is 10.5 Å². The second-order valence-corrected chi connectivity index (χ2v) is 6.35. The Morgan fingerprint density at radius 1 is 1.43 bits per heavy atom. The van der Waals surface area contributed by atoms with Crippen LogP contribution in [0.15, 0.2) is 11.1 Å². The summed E-state index contributed by atoms with van der Waals surface area (Å²) in [6, 6.07) is 4.21. The standard InChI is InChI=1S/C15H14N4OS/c16-6-2-3-10(7-17)8-19-9-18-14-13(15(19)20)11-4-1-5-12(11)21-14/h9-10H,1-5,8H2. The number of aryl methyl sites for hydroxylation is 2. The molecule has 0 radical (unpaired) electrons. The van der Waals surface area contributed by atoms with Gasteiger partial charge in [-0.1, -0.05) is 0 Å². The van der Waals surface area contributed by atoms with Crippen LogP contribution in [0.1, 0.15) is 29.7 Å². The maximum Gasteiger partial charge on any atom is 0.262 e. The molecule has 0 aromatic carbocycles. The van der Waals surface area contributed by atoms with Crippen molar-refractivity contribution in [3.8, 4) is 12.1 Å². The second kappa shape index (κ2) is 5.67. The first-order valence-corrected chi connectivity index (χ1v) is 7.82. The van der Waals surface area contributed by atoms with Crippen molar-refractivity contribution in [2.24, 2.45) is 5.92 Å². The smallest absolute Gasteiger partial charge is 0.262 e. The van der Waals surface area contributed by atoms with Gasteiger partial charge >= 0.3 is 0 Å². The Labute approximate surface area is 126 Å². The van der Waals surface area contributed by atoms with Gasteiger partial charge in [-0.2, -0.15) is 10.5 Å². The molecule has 21 heavy (non-hydrogen) atoms. The molecule has 0 spiro atoms. The lowest BCUT2D eigenvalue weighted by molar-refractivity contribution is 0.498. The first-order chi connectivity index (χ1) is 10.2. The van der Waals surface area contributed by atoms with Crippen molar-refractivity contribution in [1.29, 1.82) is 10.5 Å². The van der Waals surface area contributed by atoms with Gasteiger partial charge in [-0.15, -0.1) is 11.3 Å². The van der Waals surface area contributed by atoms with Crippen LogP contribution in [-0.2, 0) is 19.4 Å². The van der Waals surface area contributed by atoms with Crippen molar-refractivity contribution >= 4 is 21.6 Å². The molecule has 0 fully saturated rings. The maximum atomic E-state index is 12.6. The minimum absolute atomic E-state index is 0.0448. The monoisotopic (exact) mass is 298 g/mol. The summed E-state index contributed by atoms with van der Waals surface area (Å²) < 4.78 is 1.53. The van der Waals surface area contributed by atoms with Crippen LogP contribution in [0, 0.1) is 28.6 Å². The summed E-state index contributed by atoms with van der Waals surface area (Å²) in [7, 11) is 0. The van der Waals surface area contributed by atoms with E-state index in [0.717, 1.165) is 35.0 Å². The van der Waals surface area contributed by atoms with E-state index in [1.54, 1.807) is 11.3 Å². The molecule has 106 valence electrons. The van der Waals surface area contributed by atoms with Gasteiger partial charge in [0.15, 0.2) is 0 Å². The van der Waals surface area contributed by atoms with Gasteiger partial charge in [0.25, 0.3) is 5.56 Å². The topological polar surface area (TPSA) is 82.5 Å². The molecule has 1 unspecified atom stereocenters. The van der Waals surface area contributed by atoms with Crippen LogP contribution in [0.2, 0.25) is 0 Å². The number of aromatic nitrogens is 2. The number of nitrogens with zero attached hydrogens (tertiary/aromatic N) is 4. The van der Waals surface area contributed by atoms with Gasteiger partial charge in [-0.3, -0.25) is 9.36 Å². The Kier molecular flexibility index (Phi) is 3.72. The highest BCUT2D eigenvalue weighted by Gasteiger charge is 2.21. The molecular weight excluding hydrogens is 284 g/mol. The van der Waals surface area contributed by atoms with Gasteiger partial charge in [0.1, 0.15) is 4.83 Å². The number of rotatable bonds is 4. The van der Waals surface area contributed by atoms with E-state index in [2.05, 4.69) is 11.1 Å². The average Bonchev–Trinajstić information content (AvgIpc) is 3.06. The van der Waals surface area contributed by atoms with E-state index in [9.17, 15) is 4.79 Å². The molecule has 0 aliphatic heterocycles. The zero-order valence-electron chi connectivity index (χ0n) is 11.5. The third-order valence-corrected chi connectivity index (χ3v) is 5.10. The largest absolute Gasteiger partial charge is 0.297 e. The van der Waals surface area contributed by atoms with E-state index in [-0.39, 0.29) is 11.5 Å². The van der Waals surface area contributed by atoms with E-state index in [1.165, 1.54) is 15.8 Å². The summed E-state index contributed by atoms with van der Waals surface area (Å²) >= 11 is 1.62. The van der Waals surface area contributed by atoms with Crippen molar-refractivity contribution < 1.29 is 0 Å². The summed E-state index contributed by atoms with van der Waals surface area (Å²) in [6.45, 7) is 0.310. The Balaban J connectivity index is 1.97. The summed E-state index contributed by atoms with van der Waals surface area (Å²) in [6.07, 6.45) is 5.45. The lowest BCUT2D eigenvalue weighted by Gasteiger charge is -2.09. The van der Waals surface area contributed by atoms with Crippen LogP contribution >= 0.6 is 11.3 Å². The SMILES string of the molecule is N#CCCC(C#N)Cn1cnc2sc3c(c2c1=O)CCC3. The Hall–Kier alpha value is -2.18. The molecule has 5 nitrogen and oxygen atoms in total. The molecule has 2 aromatic heterocycles. The van der Waals surface area contributed by atoms with Crippen molar-refractivity contribution in [3.63, 3.8) is 0 Å². The minimum Gasteiger partial charge on any atom is -0.297 e. The van der Waals surface area contributed by atoms with Crippen molar-refractivity contribution in [3.05, 3.63) is 27.1 Å². The van der Waals surface area contributed by atoms with Crippen LogP contribution in [0.25, 0.3) is 10.2 Å². The summed E-state index contributed by atoms with van der Waals surface area (Å²) in [5.74, 6) is -0.326. The fourth-order valence-electron chi connectivity index (χ4n) is 2.82. The molecule has 6 heteroatoms. The third kappa shape index (κ3) is 2.43. The highest BCUT2D eigenvalue weighted by atomic mass is 32.1. The van der Waals surface area contributed by atoms with Crippen molar-refractivity contribution in [2.45, 2.75) is 38.6 Å². The molecule has 0 amide bonds. The predicted octanol–water partition coefficient (Wildman–Crippen LogP) is 2.39. The molecule has 0 N–H and O–H groups in total. The Morgan fingerprint density at radius 3 is 3.05 bits per heavy atom. The number of thiophene rings is 1. The first kappa shape index (κ1) is 13.8. The number of nitriles is 2. The molecule has 2 aromatic rings. The minimum atomic E-state index is -0.326. The lowest BCUT2D eigenvalue weighted by Crippen LogP contribution is -2.24. The van der Waals surface area contributed by atoms with Crippen molar-refractivity contribution in [2.75, 3.05) is 0 Å². The summed E-state index contributed by atoms with van der Waals surface area (Å²) in [5, 5.41) is 18.5. The molecule has 1 atom stereocenters. The maximum absolute atomic E-state index is 12.6. The van der Waals surface area contributed by atoms with Crippen LogP contribution in [0.3, 0.4) is 0 Å². The van der Waals surface area contributed by atoms with Gasteiger partial charge in [-0.25, -0.2) is 4.98 Å². The number of hydrogen-bond donors (Lipinski definition) is 0. The van der Waals surface area contributed by atoms with E-state index < -0.39 is 0 Å². The summed E-state index contributed by atoms with van der Waals surface area (Å²) in [4.78, 5) is 19.1. The Morgan fingerprint density at radius 2 is 2.29 bits per heavy atom. The first-order valence-electron chi connectivity index (χ1n) is 7.01. The second-order valence-electron chi connectivity index (χ2n) is 5.26. The zero-order chi connectivity index (χ0) is 14.8. The van der Waals surface area contributed by atoms with Gasteiger partial charge in [0, 0.05) is 17.8 Å². The van der Waals surface area contributed by atoms with Gasteiger partial charge in [0.05, 0.1) is 29.8 Å². The lowest BCUT2D eigenvalue weighted by atomic mass is 10.1. The van der Waals surface area contributed by atoms with Gasteiger partial charge in [-0.05, 0) is 31.2 Å². The zero-order valence-corrected chi connectivity index (χ0v) is 12.3. The molecular formula is C15H14N4OS. The quantitative estimate of drug-likeness (QED) is 0.867. The van der Waals surface area contributed by atoms with Crippen LogP contribution in [-0.4, -0.2) is 9.55 Å². The van der Waals surface area contributed by atoms with Gasteiger partial charge < -0.3 is 0 Å². The molecule has 0 bridgehead atoms.